The van der Waals surface area contributed by atoms with E-state index in [-0.39, 0.29) is 17.5 Å². The van der Waals surface area contributed by atoms with Gasteiger partial charge in [-0.15, -0.1) is 0 Å². The summed E-state index contributed by atoms with van der Waals surface area (Å²) in [5.41, 5.74) is -0.983. The van der Waals surface area contributed by atoms with E-state index in [1.54, 1.807) is 0 Å². The zero-order valence-corrected chi connectivity index (χ0v) is 17.1. The molecule has 28 heavy (non-hydrogen) atoms. The Hall–Kier alpha value is -2.08. The van der Waals surface area contributed by atoms with Crippen LogP contribution in [0.1, 0.15) is 23.2 Å². The molecule has 1 amide bonds. The fourth-order valence-electron chi connectivity index (χ4n) is 3.04. The van der Waals surface area contributed by atoms with Crippen LogP contribution < -0.4 is 0 Å². The molecule has 0 atom stereocenters. The molecule has 1 N–H and O–H groups in total. The summed E-state index contributed by atoms with van der Waals surface area (Å²) in [6.45, 7) is 1.98. The highest BCUT2D eigenvalue weighted by Gasteiger charge is 2.33. The predicted molar refractivity (Wildman–Crippen MR) is 103 cm³/mol. The molecule has 156 valence electrons. The van der Waals surface area contributed by atoms with Gasteiger partial charge in [0.1, 0.15) is 10.5 Å². The van der Waals surface area contributed by atoms with Gasteiger partial charge in [0.2, 0.25) is 10.0 Å². The van der Waals surface area contributed by atoms with Gasteiger partial charge < -0.3 is 14.9 Å². The molecule has 11 heteroatoms. The fourth-order valence-corrected chi connectivity index (χ4v) is 4.40. The molecule has 0 bridgehead atoms. The zero-order valence-electron chi connectivity index (χ0n) is 16.2. The summed E-state index contributed by atoms with van der Waals surface area (Å²) < 4.78 is 27.2. The van der Waals surface area contributed by atoms with Crippen molar-refractivity contribution in [2.24, 2.45) is 0 Å². The van der Waals surface area contributed by atoms with Crippen LogP contribution in [0, 0.1) is 10.1 Å². The fraction of sp³-hybridized carbons (Fsp3) is 0.588. The van der Waals surface area contributed by atoms with Gasteiger partial charge in [0.15, 0.2) is 0 Å². The Morgan fingerprint density at radius 2 is 1.89 bits per heavy atom. The van der Waals surface area contributed by atoms with Crippen LogP contribution in [0.4, 0.5) is 5.69 Å². The van der Waals surface area contributed by atoms with Gasteiger partial charge in [-0.1, -0.05) is 6.07 Å². The molecule has 1 aliphatic rings. The van der Waals surface area contributed by atoms with Crippen LogP contribution in [0.15, 0.2) is 23.1 Å². The van der Waals surface area contributed by atoms with Crippen molar-refractivity contribution in [1.82, 2.24) is 14.1 Å². The number of carbonyl (C=O) groups excluding carboxylic acids is 1. The zero-order chi connectivity index (χ0) is 21.1. The molecule has 0 spiro atoms. The number of likely N-dealkylation sites (N-methyl/N-ethyl adjacent to an activating group) is 1. The first kappa shape index (κ1) is 22.2. The van der Waals surface area contributed by atoms with Crippen molar-refractivity contribution in [3.63, 3.8) is 0 Å². The lowest BCUT2D eigenvalue weighted by molar-refractivity contribution is -0.385. The number of aliphatic hydroxyl groups excluding tert-OH is 1. The molecule has 2 rings (SSSR count). The number of likely N-dealkylation sites (tertiary alicyclic amines) is 1. The average Bonchev–Trinajstić information content (AvgIpc) is 2.65. The maximum atomic E-state index is 13.1. The van der Waals surface area contributed by atoms with Crippen LogP contribution in [0.25, 0.3) is 0 Å². The summed E-state index contributed by atoms with van der Waals surface area (Å²) in [4.78, 5) is 25.9. The standard InChI is InChI=1S/C17H26N4O6S/c1-18(2)17(23)16-14(21(24)25)5-4-6-15(16)28(26,27)19(3)11-12-20-9-7-13(22)8-10-20/h4-6,13,22H,7-12H2,1-3H3. The molecular formula is C17H26N4O6S. The number of piperidine rings is 1. The van der Waals surface area contributed by atoms with Gasteiger partial charge in [0.05, 0.1) is 11.0 Å². The maximum Gasteiger partial charge on any atom is 0.283 e. The van der Waals surface area contributed by atoms with Gasteiger partial charge in [0, 0.05) is 53.4 Å². The number of nitro benzene ring substituents is 1. The Kier molecular flexibility index (Phi) is 7.10. The van der Waals surface area contributed by atoms with E-state index in [0.717, 1.165) is 15.3 Å². The molecule has 1 aromatic carbocycles. The number of nitro groups is 1. The first-order valence-corrected chi connectivity index (χ1v) is 10.4. The monoisotopic (exact) mass is 414 g/mol. The molecule has 0 unspecified atom stereocenters. The van der Waals surface area contributed by atoms with E-state index in [4.69, 9.17) is 0 Å². The average molecular weight is 414 g/mol. The molecule has 10 nitrogen and oxygen atoms in total. The van der Waals surface area contributed by atoms with Crippen molar-refractivity contribution >= 4 is 21.6 Å². The number of amides is 1. The number of hydrogen-bond acceptors (Lipinski definition) is 7. The molecule has 1 aromatic rings. The van der Waals surface area contributed by atoms with Gasteiger partial charge in [-0.05, 0) is 18.9 Å². The van der Waals surface area contributed by atoms with Crippen molar-refractivity contribution in [2.75, 3.05) is 47.3 Å². The van der Waals surface area contributed by atoms with Gasteiger partial charge in [-0.3, -0.25) is 14.9 Å². The van der Waals surface area contributed by atoms with E-state index in [9.17, 15) is 28.4 Å². The lowest BCUT2D eigenvalue weighted by Gasteiger charge is -2.30. The number of nitrogens with zero attached hydrogens (tertiary/aromatic N) is 4. The van der Waals surface area contributed by atoms with Gasteiger partial charge in [-0.25, -0.2) is 8.42 Å². The maximum absolute atomic E-state index is 13.1. The summed E-state index contributed by atoms with van der Waals surface area (Å²) in [6, 6.07) is 3.60. The number of aliphatic hydroxyl groups is 1. The topological polar surface area (TPSA) is 124 Å². The minimum Gasteiger partial charge on any atom is -0.393 e. The van der Waals surface area contributed by atoms with E-state index in [1.807, 2.05) is 0 Å². The summed E-state index contributed by atoms with van der Waals surface area (Å²) in [5, 5.41) is 20.9. The Morgan fingerprint density at radius 1 is 1.29 bits per heavy atom. The minimum absolute atomic E-state index is 0.163. The van der Waals surface area contributed by atoms with Gasteiger partial charge in [0.25, 0.3) is 11.6 Å². The first-order valence-electron chi connectivity index (χ1n) is 8.91. The van der Waals surface area contributed by atoms with Crippen molar-refractivity contribution < 1.29 is 23.2 Å². The second kappa shape index (κ2) is 8.95. The van der Waals surface area contributed by atoms with Crippen molar-refractivity contribution in [3.8, 4) is 0 Å². The second-order valence-electron chi connectivity index (χ2n) is 7.01. The summed E-state index contributed by atoms with van der Waals surface area (Å²) in [5.74, 6) is -0.746. The lowest BCUT2D eigenvalue weighted by Crippen LogP contribution is -2.41. The molecule has 1 saturated heterocycles. The van der Waals surface area contributed by atoms with Crippen molar-refractivity contribution in [1.29, 1.82) is 0 Å². The highest BCUT2D eigenvalue weighted by atomic mass is 32.2. The Bertz CT molecular complexity index is 834. The van der Waals surface area contributed by atoms with E-state index >= 15 is 0 Å². The van der Waals surface area contributed by atoms with E-state index in [1.165, 1.54) is 33.3 Å². The molecule has 0 saturated carbocycles. The Labute approximate surface area is 164 Å². The SMILES string of the molecule is CN(C)C(=O)c1c([N+](=O)[O-])cccc1S(=O)(=O)N(C)CCN1CCC(O)CC1. The lowest BCUT2D eigenvalue weighted by atomic mass is 10.1. The predicted octanol–water partition coefficient (Wildman–Crippen LogP) is 0.374. The van der Waals surface area contributed by atoms with Gasteiger partial charge in [-0.2, -0.15) is 4.31 Å². The third-order valence-corrected chi connectivity index (χ3v) is 6.70. The Morgan fingerprint density at radius 3 is 2.43 bits per heavy atom. The highest BCUT2D eigenvalue weighted by molar-refractivity contribution is 7.89. The molecule has 0 aromatic heterocycles. The van der Waals surface area contributed by atoms with Crippen LogP contribution >= 0.6 is 0 Å². The quantitative estimate of drug-likeness (QED) is 0.505. The molecule has 0 aliphatic carbocycles. The van der Waals surface area contributed by atoms with Crippen LogP contribution in [0.3, 0.4) is 0 Å². The molecule has 0 radical (unpaired) electrons. The van der Waals surface area contributed by atoms with E-state index in [2.05, 4.69) is 4.90 Å². The van der Waals surface area contributed by atoms with Crippen LogP contribution in [0.5, 0.6) is 0 Å². The number of sulfonamides is 1. The number of carbonyl (C=O) groups is 1. The van der Waals surface area contributed by atoms with E-state index < -0.39 is 32.1 Å². The van der Waals surface area contributed by atoms with Crippen LogP contribution in [-0.2, 0) is 10.0 Å². The summed E-state index contributed by atoms with van der Waals surface area (Å²) in [7, 11) is 0.0887. The molecular weight excluding hydrogens is 388 g/mol. The third-order valence-electron chi connectivity index (χ3n) is 4.80. The second-order valence-corrected chi connectivity index (χ2v) is 9.02. The van der Waals surface area contributed by atoms with E-state index in [0.29, 0.717) is 32.5 Å². The molecule has 1 heterocycles. The smallest absolute Gasteiger partial charge is 0.283 e. The normalized spacial score (nSPS) is 16.3. The van der Waals surface area contributed by atoms with Crippen molar-refractivity contribution in [3.05, 3.63) is 33.9 Å². The number of benzene rings is 1. The summed E-state index contributed by atoms with van der Waals surface area (Å²) >= 11 is 0. The highest BCUT2D eigenvalue weighted by Crippen LogP contribution is 2.28. The van der Waals surface area contributed by atoms with Crippen molar-refractivity contribution in [2.45, 2.75) is 23.8 Å². The Balaban J connectivity index is 2.30. The largest absolute Gasteiger partial charge is 0.393 e. The molecule has 1 fully saturated rings. The first-order chi connectivity index (χ1) is 13.1. The van der Waals surface area contributed by atoms with Crippen LogP contribution in [0.2, 0.25) is 0 Å². The number of hydrogen-bond donors (Lipinski definition) is 1. The third kappa shape index (κ3) is 4.85. The summed E-state index contributed by atoms with van der Waals surface area (Å²) in [6.07, 6.45) is 0.966. The minimum atomic E-state index is -4.11. The van der Waals surface area contributed by atoms with Gasteiger partial charge >= 0.3 is 0 Å². The van der Waals surface area contributed by atoms with Crippen LogP contribution in [-0.4, -0.2) is 91.9 Å². The number of rotatable bonds is 7. The molecule has 1 aliphatic heterocycles.